The molecule has 7 nitrogen and oxygen atoms in total. The highest BCUT2D eigenvalue weighted by Crippen LogP contribution is 2.30. The van der Waals surface area contributed by atoms with Crippen LogP contribution in [0.3, 0.4) is 0 Å². The molecule has 0 saturated carbocycles. The summed E-state index contributed by atoms with van der Waals surface area (Å²) in [7, 11) is 1.36. The Morgan fingerprint density at radius 1 is 1.12 bits per heavy atom. The summed E-state index contributed by atoms with van der Waals surface area (Å²) in [5.41, 5.74) is 3.96. The number of esters is 1. The van der Waals surface area contributed by atoms with Crippen molar-refractivity contribution in [3.8, 4) is 0 Å². The zero-order chi connectivity index (χ0) is 23.2. The van der Waals surface area contributed by atoms with Gasteiger partial charge in [0.05, 0.1) is 19.2 Å². The van der Waals surface area contributed by atoms with E-state index in [1.165, 1.54) is 29.6 Å². The molecule has 0 bridgehead atoms. The molecule has 0 saturated heterocycles. The number of methoxy groups -OCH3 is 1. The Bertz CT molecular complexity index is 1270. The maximum atomic E-state index is 12.3. The maximum Gasteiger partial charge on any atom is 0.340 e. The lowest BCUT2D eigenvalue weighted by Crippen LogP contribution is -2.20. The van der Waals surface area contributed by atoms with Gasteiger partial charge in [0, 0.05) is 11.3 Å². The van der Waals surface area contributed by atoms with Crippen molar-refractivity contribution in [3.63, 3.8) is 0 Å². The summed E-state index contributed by atoms with van der Waals surface area (Å²) < 4.78 is 6.69. The first-order chi connectivity index (χ1) is 16.0. The third kappa shape index (κ3) is 5.82. The number of nitrogens with one attached hydrogen (secondary N) is 2. The van der Waals surface area contributed by atoms with Gasteiger partial charge in [-0.05, 0) is 41.9 Å². The Hall–Kier alpha value is -3.56. The van der Waals surface area contributed by atoms with Crippen molar-refractivity contribution in [2.45, 2.75) is 19.9 Å². The normalized spacial score (nSPS) is 10.6. The molecule has 0 fully saturated rings. The van der Waals surface area contributed by atoms with Crippen LogP contribution in [-0.2, 0) is 17.7 Å². The smallest absolute Gasteiger partial charge is 0.340 e. The number of carbonyl (C=O) groups excluding carboxylic acids is 1. The molecule has 4 rings (SSSR count). The number of carbonyl (C=O) groups is 1. The summed E-state index contributed by atoms with van der Waals surface area (Å²) in [6.07, 6.45) is 2.36. The highest BCUT2D eigenvalue weighted by molar-refractivity contribution is 7.80. The van der Waals surface area contributed by atoms with Gasteiger partial charge >= 0.3 is 5.97 Å². The van der Waals surface area contributed by atoms with Crippen molar-refractivity contribution in [2.24, 2.45) is 0 Å². The van der Waals surface area contributed by atoms with Crippen molar-refractivity contribution < 1.29 is 9.53 Å². The van der Waals surface area contributed by atoms with Gasteiger partial charge in [-0.2, -0.15) is 0 Å². The van der Waals surface area contributed by atoms with Crippen molar-refractivity contribution in [3.05, 3.63) is 94.1 Å². The Morgan fingerprint density at radius 3 is 2.64 bits per heavy atom. The second kappa shape index (κ2) is 10.4. The Morgan fingerprint density at radius 2 is 1.88 bits per heavy atom. The van der Waals surface area contributed by atoms with E-state index in [9.17, 15) is 4.79 Å². The summed E-state index contributed by atoms with van der Waals surface area (Å²) in [5, 5.41) is 11.4. The first-order valence-electron chi connectivity index (χ1n) is 10.3. The average molecular weight is 478 g/mol. The molecule has 33 heavy (non-hydrogen) atoms. The molecule has 0 atom stereocenters. The molecule has 168 valence electrons. The van der Waals surface area contributed by atoms with Gasteiger partial charge in [0.1, 0.15) is 11.3 Å². The molecule has 2 aromatic carbocycles. The molecule has 0 radical (unpaired) electrons. The number of thiophene rings is 1. The van der Waals surface area contributed by atoms with E-state index in [0.29, 0.717) is 34.6 Å². The van der Waals surface area contributed by atoms with Crippen molar-refractivity contribution in [1.82, 2.24) is 14.8 Å². The van der Waals surface area contributed by atoms with Crippen molar-refractivity contribution in [1.29, 1.82) is 0 Å². The van der Waals surface area contributed by atoms with Gasteiger partial charge in [0.15, 0.2) is 5.11 Å². The number of aryl methyl sites for hydroxylation is 1. The molecule has 0 aliphatic heterocycles. The molecule has 9 heteroatoms. The molecular weight excluding hydrogens is 454 g/mol. The van der Waals surface area contributed by atoms with Crippen molar-refractivity contribution >= 4 is 45.6 Å². The predicted octanol–water partition coefficient (Wildman–Crippen LogP) is 4.88. The number of hydrogen-bond acceptors (Lipinski definition) is 6. The van der Waals surface area contributed by atoms with Gasteiger partial charge in [-0.1, -0.05) is 54.6 Å². The van der Waals surface area contributed by atoms with Crippen molar-refractivity contribution in [2.75, 3.05) is 17.7 Å². The summed E-state index contributed by atoms with van der Waals surface area (Å²) >= 11 is 6.90. The minimum Gasteiger partial charge on any atom is -0.465 e. The zero-order valence-corrected chi connectivity index (χ0v) is 19.9. The van der Waals surface area contributed by atoms with Crippen LogP contribution >= 0.6 is 23.6 Å². The van der Waals surface area contributed by atoms with E-state index in [2.05, 4.69) is 51.9 Å². The van der Waals surface area contributed by atoms with Crippen LogP contribution in [0.5, 0.6) is 0 Å². The average Bonchev–Trinajstić information content (AvgIpc) is 3.42. The summed E-state index contributed by atoms with van der Waals surface area (Å²) in [5.74, 6) is -0.0433. The number of thiocarbonyl (C=S) groups is 1. The second-order valence-corrected chi connectivity index (χ2v) is 8.93. The second-order valence-electron chi connectivity index (χ2n) is 7.38. The highest BCUT2D eigenvalue weighted by Gasteiger charge is 2.18. The third-order valence-electron chi connectivity index (χ3n) is 4.99. The van der Waals surface area contributed by atoms with Crippen LogP contribution in [0.4, 0.5) is 10.9 Å². The number of aromatic nitrogens is 3. The monoisotopic (exact) mass is 477 g/mol. The van der Waals surface area contributed by atoms with Gasteiger partial charge < -0.3 is 10.1 Å². The molecule has 0 amide bonds. The highest BCUT2D eigenvalue weighted by atomic mass is 32.1. The SMILES string of the molecule is COC(=O)c1cc(Cc2ccccc2)sc1NC(=S)Nc1ncn(Cc2ccccc2C)n1. The van der Waals surface area contributed by atoms with Crippen LogP contribution in [0.15, 0.2) is 67.0 Å². The fourth-order valence-electron chi connectivity index (χ4n) is 3.31. The summed E-state index contributed by atoms with van der Waals surface area (Å²) in [6.45, 7) is 2.68. The fraction of sp³-hybridized carbons (Fsp3) is 0.167. The van der Waals surface area contributed by atoms with E-state index >= 15 is 0 Å². The van der Waals surface area contributed by atoms with Gasteiger partial charge in [-0.25, -0.2) is 14.5 Å². The Kier molecular flexibility index (Phi) is 7.11. The van der Waals surface area contributed by atoms with E-state index in [1.54, 1.807) is 11.0 Å². The molecule has 2 aromatic heterocycles. The van der Waals surface area contributed by atoms with Gasteiger partial charge in [-0.15, -0.1) is 16.4 Å². The number of ether oxygens (including phenoxy) is 1. The largest absolute Gasteiger partial charge is 0.465 e. The zero-order valence-electron chi connectivity index (χ0n) is 18.2. The molecule has 0 aliphatic rings. The molecule has 4 aromatic rings. The molecule has 0 spiro atoms. The first-order valence-corrected chi connectivity index (χ1v) is 11.5. The molecule has 2 heterocycles. The van der Waals surface area contributed by atoms with Crippen LogP contribution in [0.2, 0.25) is 0 Å². The fourth-order valence-corrected chi connectivity index (χ4v) is 4.65. The molecule has 2 N–H and O–H groups in total. The lowest BCUT2D eigenvalue weighted by molar-refractivity contribution is 0.0602. The third-order valence-corrected chi connectivity index (χ3v) is 6.25. The summed E-state index contributed by atoms with van der Waals surface area (Å²) in [6, 6.07) is 20.0. The van der Waals surface area contributed by atoms with Crippen LogP contribution in [0, 0.1) is 6.92 Å². The topological polar surface area (TPSA) is 81.1 Å². The predicted molar refractivity (Wildman–Crippen MR) is 135 cm³/mol. The van der Waals surface area contributed by atoms with Crippen LogP contribution in [0.25, 0.3) is 0 Å². The van der Waals surface area contributed by atoms with E-state index in [0.717, 1.165) is 10.4 Å². The first kappa shape index (κ1) is 22.6. The summed E-state index contributed by atoms with van der Waals surface area (Å²) in [4.78, 5) is 17.6. The standard InChI is InChI=1S/C24H23N5O2S2/c1-16-8-6-7-11-18(16)14-29-15-25-23(28-29)27-24(32)26-21-20(22(30)31-2)13-19(33-21)12-17-9-4-3-5-10-17/h3-11,13,15H,12,14H2,1-2H3,(H2,26,27,28,32). The van der Waals surface area contributed by atoms with Crippen LogP contribution < -0.4 is 10.6 Å². The number of anilines is 2. The quantitative estimate of drug-likeness (QED) is 0.290. The van der Waals surface area contributed by atoms with Gasteiger partial charge in [0.2, 0.25) is 5.95 Å². The Labute approximate surface area is 201 Å². The van der Waals surface area contributed by atoms with E-state index in [-0.39, 0.29) is 0 Å². The van der Waals surface area contributed by atoms with E-state index in [4.69, 9.17) is 17.0 Å². The number of nitrogens with zero attached hydrogens (tertiary/aromatic N) is 3. The molecule has 0 aliphatic carbocycles. The Balaban J connectivity index is 1.44. The minimum absolute atomic E-state index is 0.293. The van der Waals surface area contributed by atoms with Crippen LogP contribution in [0.1, 0.15) is 31.9 Å². The molecule has 0 unspecified atom stereocenters. The number of rotatable bonds is 7. The van der Waals surface area contributed by atoms with E-state index < -0.39 is 5.97 Å². The lowest BCUT2D eigenvalue weighted by atomic mass is 10.1. The van der Waals surface area contributed by atoms with Crippen LogP contribution in [-0.4, -0.2) is 33.0 Å². The maximum absolute atomic E-state index is 12.3. The van der Waals surface area contributed by atoms with E-state index in [1.807, 2.05) is 36.4 Å². The number of benzene rings is 2. The molecular formula is C24H23N5O2S2. The number of hydrogen-bond donors (Lipinski definition) is 2. The van der Waals surface area contributed by atoms with Gasteiger partial charge in [0.25, 0.3) is 0 Å². The lowest BCUT2D eigenvalue weighted by Gasteiger charge is -2.08. The minimum atomic E-state index is -0.420. The van der Waals surface area contributed by atoms with Gasteiger partial charge in [-0.3, -0.25) is 5.32 Å².